The second-order valence-electron chi connectivity index (χ2n) is 4.43. The molecule has 0 saturated carbocycles. The molecule has 2 rings (SSSR count). The van der Waals surface area contributed by atoms with E-state index in [2.05, 4.69) is 4.98 Å². The van der Waals surface area contributed by atoms with E-state index in [0.29, 0.717) is 13.1 Å². The van der Waals surface area contributed by atoms with Crippen LogP contribution in [-0.4, -0.2) is 29.6 Å². The van der Waals surface area contributed by atoms with E-state index < -0.39 is 11.3 Å². The topological polar surface area (TPSA) is 82.1 Å². The Labute approximate surface area is 126 Å². The summed E-state index contributed by atoms with van der Waals surface area (Å²) in [4.78, 5) is 28.5. The van der Waals surface area contributed by atoms with Gasteiger partial charge < -0.3 is 9.67 Å². The second-order valence-corrected chi connectivity index (χ2v) is 4.80. The molecule has 0 spiro atoms. The minimum Gasteiger partial charge on any atom is -0.494 e. The maximum atomic E-state index is 12.4. The number of imidazole rings is 1. The van der Waals surface area contributed by atoms with Gasteiger partial charge in [0.15, 0.2) is 10.6 Å². The highest BCUT2D eigenvalue weighted by molar-refractivity contribution is 7.71. The van der Waals surface area contributed by atoms with Crippen LogP contribution in [0.15, 0.2) is 23.5 Å². The average molecular weight is 308 g/mol. The Morgan fingerprint density at radius 3 is 2.52 bits per heavy atom. The van der Waals surface area contributed by atoms with Crippen LogP contribution in [-0.2, 0) is 19.6 Å². The van der Waals surface area contributed by atoms with E-state index in [9.17, 15) is 14.7 Å². The third-order valence-corrected chi connectivity index (χ3v) is 3.64. The van der Waals surface area contributed by atoms with Crippen LogP contribution in [0.2, 0.25) is 0 Å². The summed E-state index contributed by atoms with van der Waals surface area (Å²) in [6, 6.07) is 0. The van der Waals surface area contributed by atoms with Gasteiger partial charge in [0, 0.05) is 25.5 Å². The molecule has 0 bridgehead atoms. The van der Waals surface area contributed by atoms with Gasteiger partial charge >= 0.3 is 0 Å². The Balaban J connectivity index is 2.60. The van der Waals surface area contributed by atoms with Gasteiger partial charge in [-0.05, 0) is 26.1 Å². The fourth-order valence-electron chi connectivity index (χ4n) is 2.12. The van der Waals surface area contributed by atoms with Crippen LogP contribution in [0.25, 0.3) is 0 Å². The first-order valence-corrected chi connectivity index (χ1v) is 6.97. The summed E-state index contributed by atoms with van der Waals surface area (Å²) in [5.74, 6) is -0.850. The number of aromatic nitrogens is 4. The van der Waals surface area contributed by atoms with Crippen LogP contribution in [0.5, 0.6) is 5.88 Å². The van der Waals surface area contributed by atoms with E-state index in [1.165, 1.54) is 26.2 Å². The smallest absolute Gasteiger partial charge is 0.269 e. The number of ketones is 1. The van der Waals surface area contributed by atoms with Gasteiger partial charge in [0.2, 0.25) is 5.88 Å². The molecule has 2 heterocycles. The Bertz CT molecular complexity index is 774. The van der Waals surface area contributed by atoms with Crippen LogP contribution < -0.4 is 5.56 Å². The van der Waals surface area contributed by atoms with Crippen molar-refractivity contribution < 1.29 is 9.90 Å². The largest absolute Gasteiger partial charge is 0.494 e. The molecular formula is C13H16N4O3S. The summed E-state index contributed by atoms with van der Waals surface area (Å²) in [5.41, 5.74) is -0.796. The molecule has 2 aromatic heterocycles. The van der Waals surface area contributed by atoms with E-state index in [1.54, 1.807) is 20.0 Å². The van der Waals surface area contributed by atoms with Gasteiger partial charge in [-0.2, -0.15) is 0 Å². The molecule has 2 aromatic rings. The first kappa shape index (κ1) is 15.2. The van der Waals surface area contributed by atoms with Crippen molar-refractivity contribution in [2.24, 2.45) is 0 Å². The number of hydrogen-bond donors (Lipinski definition) is 1. The minimum atomic E-state index is -0.560. The summed E-state index contributed by atoms with van der Waals surface area (Å²) in [7, 11) is 0. The van der Waals surface area contributed by atoms with E-state index in [1.807, 2.05) is 0 Å². The van der Waals surface area contributed by atoms with Crippen LogP contribution in [0, 0.1) is 4.77 Å². The fourth-order valence-corrected chi connectivity index (χ4v) is 2.55. The highest BCUT2D eigenvalue weighted by Crippen LogP contribution is 2.15. The standard InChI is InChI=1S/C13H16N4O3S/c1-3-16-11(19)10(12(20)17(4-2)13(16)21)9(18)7-15-6-5-14-8-15/h5-6,8,19H,3-4,7H2,1-2H3. The van der Waals surface area contributed by atoms with Crippen LogP contribution in [0.3, 0.4) is 0 Å². The molecule has 0 amide bonds. The van der Waals surface area contributed by atoms with Crippen molar-refractivity contribution >= 4 is 18.0 Å². The maximum absolute atomic E-state index is 12.4. The summed E-state index contributed by atoms with van der Waals surface area (Å²) in [6.45, 7) is 4.19. The number of nitrogens with zero attached hydrogens (tertiary/aromatic N) is 4. The van der Waals surface area contributed by atoms with Gasteiger partial charge in [-0.25, -0.2) is 4.98 Å². The summed E-state index contributed by atoms with van der Waals surface area (Å²) in [5, 5.41) is 10.2. The quantitative estimate of drug-likeness (QED) is 0.663. The van der Waals surface area contributed by atoms with Crippen molar-refractivity contribution in [3.63, 3.8) is 0 Å². The maximum Gasteiger partial charge on any atom is 0.269 e. The zero-order chi connectivity index (χ0) is 15.6. The lowest BCUT2D eigenvalue weighted by Crippen LogP contribution is -2.31. The van der Waals surface area contributed by atoms with Crippen molar-refractivity contribution in [3.05, 3.63) is 39.4 Å². The molecule has 7 nitrogen and oxygen atoms in total. The fraction of sp³-hybridized carbons (Fsp3) is 0.385. The van der Waals surface area contributed by atoms with Gasteiger partial charge in [0.25, 0.3) is 5.56 Å². The third-order valence-electron chi connectivity index (χ3n) is 3.20. The highest BCUT2D eigenvalue weighted by Gasteiger charge is 2.22. The molecule has 0 aliphatic carbocycles. The van der Waals surface area contributed by atoms with Crippen molar-refractivity contribution in [2.75, 3.05) is 0 Å². The summed E-state index contributed by atoms with van der Waals surface area (Å²) in [6.07, 6.45) is 4.63. The summed E-state index contributed by atoms with van der Waals surface area (Å²) < 4.78 is 4.43. The molecule has 0 atom stereocenters. The second kappa shape index (κ2) is 6.04. The molecule has 0 saturated heterocycles. The van der Waals surface area contributed by atoms with Crippen LogP contribution in [0.4, 0.5) is 0 Å². The van der Waals surface area contributed by atoms with Gasteiger partial charge in [-0.15, -0.1) is 0 Å². The molecule has 8 heteroatoms. The predicted molar refractivity (Wildman–Crippen MR) is 79.1 cm³/mol. The van der Waals surface area contributed by atoms with E-state index in [0.717, 1.165) is 0 Å². The zero-order valence-electron chi connectivity index (χ0n) is 11.8. The van der Waals surface area contributed by atoms with Crippen LogP contribution in [0.1, 0.15) is 24.2 Å². The van der Waals surface area contributed by atoms with Gasteiger partial charge in [0.05, 0.1) is 12.9 Å². The Morgan fingerprint density at radius 1 is 1.33 bits per heavy atom. The molecule has 0 aromatic carbocycles. The molecule has 0 aliphatic rings. The third kappa shape index (κ3) is 2.66. The Hall–Kier alpha value is -2.22. The predicted octanol–water partition coefficient (Wildman–Crippen LogP) is 1.20. The van der Waals surface area contributed by atoms with Gasteiger partial charge in [-0.3, -0.25) is 18.7 Å². The highest BCUT2D eigenvalue weighted by atomic mass is 32.1. The first-order valence-electron chi connectivity index (χ1n) is 6.56. The SMILES string of the molecule is CCn1c(O)c(C(=O)Cn2ccnc2)c(=O)n(CC)c1=S. The molecule has 0 aliphatic heterocycles. The normalized spacial score (nSPS) is 10.8. The molecule has 0 fully saturated rings. The van der Waals surface area contributed by atoms with Crippen molar-refractivity contribution in [3.8, 4) is 5.88 Å². The molecule has 0 unspecified atom stereocenters. The number of carbonyl (C=O) groups excluding carboxylic acids is 1. The van der Waals surface area contributed by atoms with E-state index in [4.69, 9.17) is 12.2 Å². The van der Waals surface area contributed by atoms with E-state index >= 15 is 0 Å². The zero-order valence-corrected chi connectivity index (χ0v) is 12.6. The number of aromatic hydroxyl groups is 1. The monoisotopic (exact) mass is 308 g/mol. The molecular weight excluding hydrogens is 292 g/mol. The van der Waals surface area contributed by atoms with Crippen molar-refractivity contribution in [1.29, 1.82) is 0 Å². The molecule has 0 radical (unpaired) electrons. The Morgan fingerprint density at radius 2 is 2.00 bits per heavy atom. The molecule has 1 N–H and O–H groups in total. The van der Waals surface area contributed by atoms with Crippen molar-refractivity contribution in [1.82, 2.24) is 18.7 Å². The van der Waals surface area contributed by atoms with E-state index in [-0.39, 0.29) is 22.8 Å². The van der Waals surface area contributed by atoms with Gasteiger partial charge in [-0.1, -0.05) is 0 Å². The Kier molecular flexibility index (Phi) is 4.37. The van der Waals surface area contributed by atoms with Crippen molar-refractivity contribution in [2.45, 2.75) is 33.5 Å². The number of rotatable bonds is 5. The number of carbonyl (C=O) groups is 1. The van der Waals surface area contributed by atoms with Gasteiger partial charge in [0.1, 0.15) is 5.56 Å². The lowest BCUT2D eigenvalue weighted by molar-refractivity contribution is 0.0965. The number of Topliss-reactive ketones (excluding diaryl/α,β-unsaturated/α-hetero) is 1. The number of hydrogen-bond acceptors (Lipinski definition) is 5. The molecule has 112 valence electrons. The lowest BCUT2D eigenvalue weighted by atomic mass is 10.2. The minimum absolute atomic E-state index is 0.0625. The average Bonchev–Trinajstić information content (AvgIpc) is 2.92. The first-order chi connectivity index (χ1) is 10.0. The van der Waals surface area contributed by atoms with Crippen LogP contribution >= 0.6 is 12.2 Å². The lowest BCUT2D eigenvalue weighted by Gasteiger charge is -2.14. The molecule has 21 heavy (non-hydrogen) atoms. The summed E-state index contributed by atoms with van der Waals surface area (Å²) >= 11 is 5.17.